The Morgan fingerprint density at radius 1 is 0.511 bits per heavy atom. The summed E-state index contributed by atoms with van der Waals surface area (Å²) < 4.78 is 118. The minimum atomic E-state index is -6.09. The highest BCUT2D eigenvalue weighted by molar-refractivity contribution is 7.86. The standard InChI is InChI=1S/C24H52N.C5H13N.2CHF3O3S/c1-5-9-13-17-21-25(22-18-14-10-6-2,23-19-15-11-7-3)24-20-16-12-8-4;1-2-3-4-5-6;2*2-1(3,4)8(5,6)7/h5-24H2,1-4H3;2-6H2,1H3;2*(H,5,6,7)/q+1;;;/p-1. The summed E-state index contributed by atoms with van der Waals surface area (Å²) in [6.45, 7) is 18.2. The average Bonchev–Trinajstić information content (AvgIpc) is 2.96. The Morgan fingerprint density at radius 2 is 0.723 bits per heavy atom. The van der Waals surface area contributed by atoms with Crippen LogP contribution in [0.15, 0.2) is 0 Å². The average molecular weight is 741 g/mol. The van der Waals surface area contributed by atoms with E-state index in [2.05, 4.69) is 34.6 Å². The van der Waals surface area contributed by atoms with Gasteiger partial charge in [-0.15, -0.1) is 0 Å². The predicted molar refractivity (Wildman–Crippen MR) is 178 cm³/mol. The number of nitrogens with zero attached hydrogens (tertiary/aromatic N) is 1. The molecule has 0 fully saturated rings. The number of quaternary nitrogens is 1. The highest BCUT2D eigenvalue weighted by atomic mass is 32.2. The lowest BCUT2D eigenvalue weighted by Gasteiger charge is -2.39. The summed E-state index contributed by atoms with van der Waals surface area (Å²) in [4.78, 5) is 0. The van der Waals surface area contributed by atoms with E-state index < -0.39 is 31.3 Å². The lowest BCUT2D eigenvalue weighted by molar-refractivity contribution is -0.929. The maximum absolute atomic E-state index is 10.7. The fourth-order valence-corrected chi connectivity index (χ4v) is 4.56. The van der Waals surface area contributed by atoms with Crippen LogP contribution < -0.4 is 5.73 Å². The van der Waals surface area contributed by atoms with Gasteiger partial charge in [0.1, 0.15) is 0 Å². The van der Waals surface area contributed by atoms with Crippen LogP contribution in [0, 0.1) is 0 Å². The SMILES string of the molecule is CCCCCC[N+](CCCCCC)(CCCCCC)CCCCCC.CCCCCN.O=S(=O)(O)C(F)(F)F.O=S(=O)([O-])C(F)(F)F. The van der Waals surface area contributed by atoms with Crippen molar-refractivity contribution in [3.05, 3.63) is 0 Å². The third-order valence-corrected chi connectivity index (χ3v) is 8.48. The number of halogens is 6. The molecule has 0 rings (SSSR count). The van der Waals surface area contributed by atoms with Gasteiger partial charge in [0.05, 0.1) is 26.2 Å². The van der Waals surface area contributed by atoms with Crippen molar-refractivity contribution in [2.75, 3.05) is 32.7 Å². The molecule has 0 aromatic carbocycles. The Hall–Kier alpha value is -0.680. The Labute approximate surface area is 282 Å². The van der Waals surface area contributed by atoms with Crippen molar-refractivity contribution < 1.29 is 56.8 Å². The maximum Gasteiger partial charge on any atom is 0.522 e. The summed E-state index contributed by atoms with van der Waals surface area (Å²) in [6.07, 6.45) is 26.6. The molecule has 0 spiro atoms. The van der Waals surface area contributed by atoms with E-state index in [1.807, 2.05) is 0 Å². The zero-order valence-corrected chi connectivity index (χ0v) is 31.2. The number of nitrogens with two attached hydrogens (primary N) is 1. The molecule has 0 saturated carbocycles. The first-order chi connectivity index (χ1) is 21.7. The van der Waals surface area contributed by atoms with Gasteiger partial charge in [0.15, 0.2) is 10.1 Å². The van der Waals surface area contributed by atoms with Gasteiger partial charge in [0.2, 0.25) is 0 Å². The molecule has 0 aliphatic carbocycles. The van der Waals surface area contributed by atoms with Gasteiger partial charge < -0.3 is 14.8 Å². The Bertz CT molecular complexity index is 788. The highest BCUT2D eigenvalue weighted by Crippen LogP contribution is 2.22. The third-order valence-electron chi connectivity index (χ3n) is 7.33. The summed E-state index contributed by atoms with van der Waals surface area (Å²) in [5.74, 6) is 0. The second-order valence-electron chi connectivity index (χ2n) is 11.8. The summed E-state index contributed by atoms with van der Waals surface area (Å²) in [5, 5.41) is 0. The quantitative estimate of drug-likeness (QED) is 0.0350. The highest BCUT2D eigenvalue weighted by Gasteiger charge is 2.44. The van der Waals surface area contributed by atoms with Gasteiger partial charge in [-0.1, -0.05) is 98.8 Å². The normalized spacial score (nSPS) is 12.3. The molecule has 0 bridgehead atoms. The van der Waals surface area contributed by atoms with Crippen LogP contribution in [0.2, 0.25) is 0 Å². The van der Waals surface area contributed by atoms with Crippen LogP contribution in [0.1, 0.15) is 157 Å². The molecule has 47 heavy (non-hydrogen) atoms. The van der Waals surface area contributed by atoms with Crippen LogP contribution in [0.5, 0.6) is 0 Å². The molecule has 0 heterocycles. The first-order valence-corrected chi connectivity index (χ1v) is 20.1. The van der Waals surface area contributed by atoms with Crippen molar-refractivity contribution in [2.45, 2.75) is 168 Å². The molecule has 3 N–H and O–H groups in total. The first kappa shape index (κ1) is 53.1. The van der Waals surface area contributed by atoms with E-state index in [0.717, 1.165) is 6.54 Å². The molecule has 0 amide bonds. The molecular formula is C31H66F6N2O6S2. The molecule has 0 aromatic heterocycles. The van der Waals surface area contributed by atoms with Crippen LogP contribution in [-0.2, 0) is 20.2 Å². The van der Waals surface area contributed by atoms with Gasteiger partial charge >= 0.3 is 21.1 Å². The van der Waals surface area contributed by atoms with Crippen LogP contribution in [-0.4, -0.2) is 74.2 Å². The van der Waals surface area contributed by atoms with E-state index in [1.54, 1.807) is 0 Å². The lowest BCUT2D eigenvalue weighted by Crippen LogP contribution is -2.50. The largest absolute Gasteiger partial charge is 0.741 e. The smallest absolute Gasteiger partial charge is 0.522 e. The summed E-state index contributed by atoms with van der Waals surface area (Å²) >= 11 is 0. The number of rotatable bonds is 23. The zero-order valence-electron chi connectivity index (χ0n) is 29.6. The van der Waals surface area contributed by atoms with Crippen LogP contribution in [0.3, 0.4) is 0 Å². The van der Waals surface area contributed by atoms with Gasteiger partial charge in [-0.25, -0.2) is 8.42 Å². The fourth-order valence-electron chi connectivity index (χ4n) is 4.56. The topological polar surface area (TPSA) is 138 Å². The molecular weight excluding hydrogens is 674 g/mol. The lowest BCUT2D eigenvalue weighted by atomic mass is 10.1. The molecule has 0 aliphatic rings. The zero-order chi connectivity index (χ0) is 37.5. The number of alkyl halides is 6. The van der Waals surface area contributed by atoms with E-state index in [1.165, 1.54) is 153 Å². The van der Waals surface area contributed by atoms with Gasteiger partial charge in [-0.2, -0.15) is 34.8 Å². The molecule has 0 unspecified atom stereocenters. The molecule has 0 aromatic rings. The van der Waals surface area contributed by atoms with Gasteiger partial charge in [0.25, 0.3) is 0 Å². The Balaban J connectivity index is -0.000000338. The molecule has 0 radical (unpaired) electrons. The number of hydrogen-bond acceptors (Lipinski definition) is 6. The first-order valence-electron chi connectivity index (χ1n) is 17.3. The van der Waals surface area contributed by atoms with Gasteiger partial charge in [-0.3, -0.25) is 4.55 Å². The summed E-state index contributed by atoms with van der Waals surface area (Å²) in [7, 11) is -11.9. The molecule has 16 heteroatoms. The Morgan fingerprint density at radius 3 is 0.851 bits per heavy atom. The number of hydrogen-bond donors (Lipinski definition) is 2. The minimum Gasteiger partial charge on any atom is -0.741 e. The van der Waals surface area contributed by atoms with Crippen molar-refractivity contribution in [1.29, 1.82) is 0 Å². The van der Waals surface area contributed by atoms with Crippen LogP contribution in [0.25, 0.3) is 0 Å². The van der Waals surface area contributed by atoms with E-state index >= 15 is 0 Å². The monoisotopic (exact) mass is 740 g/mol. The second-order valence-corrected chi connectivity index (χ2v) is 14.6. The van der Waals surface area contributed by atoms with Crippen molar-refractivity contribution in [1.82, 2.24) is 0 Å². The van der Waals surface area contributed by atoms with Crippen LogP contribution >= 0.6 is 0 Å². The predicted octanol–water partition coefficient (Wildman–Crippen LogP) is 9.71. The van der Waals surface area contributed by atoms with E-state index in [9.17, 15) is 26.3 Å². The maximum atomic E-state index is 10.7. The van der Waals surface area contributed by atoms with E-state index in [-0.39, 0.29) is 0 Å². The molecule has 0 atom stereocenters. The Kier molecular flexibility index (Phi) is 35.4. The molecule has 0 saturated heterocycles. The van der Waals surface area contributed by atoms with Crippen molar-refractivity contribution in [2.24, 2.45) is 5.73 Å². The van der Waals surface area contributed by atoms with Gasteiger partial charge in [0, 0.05) is 0 Å². The molecule has 0 aliphatic heterocycles. The van der Waals surface area contributed by atoms with Crippen LogP contribution in [0.4, 0.5) is 26.3 Å². The summed E-state index contributed by atoms with van der Waals surface area (Å²) in [5.41, 5.74) is -5.97. The molecule has 290 valence electrons. The second kappa shape index (κ2) is 31.3. The minimum absolute atomic E-state index is 0.855. The van der Waals surface area contributed by atoms with Crippen molar-refractivity contribution in [3.8, 4) is 0 Å². The van der Waals surface area contributed by atoms with E-state index in [4.69, 9.17) is 31.7 Å². The van der Waals surface area contributed by atoms with Gasteiger partial charge in [-0.05, 0) is 64.3 Å². The summed E-state index contributed by atoms with van der Waals surface area (Å²) in [6, 6.07) is 0. The van der Waals surface area contributed by atoms with Crippen molar-refractivity contribution >= 4 is 20.2 Å². The van der Waals surface area contributed by atoms with Crippen molar-refractivity contribution in [3.63, 3.8) is 0 Å². The fraction of sp³-hybridized carbons (Fsp3) is 1.00. The number of unbranched alkanes of at least 4 members (excludes halogenated alkanes) is 14. The third kappa shape index (κ3) is 36.4. The molecule has 8 nitrogen and oxygen atoms in total. The van der Waals surface area contributed by atoms with E-state index in [0.29, 0.717) is 0 Å².